The fourth-order valence-electron chi connectivity index (χ4n) is 1.54. The summed E-state index contributed by atoms with van der Waals surface area (Å²) in [5, 5.41) is 27.7. The summed E-state index contributed by atoms with van der Waals surface area (Å²) < 4.78 is 0. The second kappa shape index (κ2) is 7.78. The van der Waals surface area contributed by atoms with Crippen LogP contribution in [0.4, 0.5) is 5.69 Å². The van der Waals surface area contributed by atoms with Gasteiger partial charge in [0.05, 0.1) is 35.5 Å². The smallest absolute Gasteiger partial charge is 0.288 e. The molecular formula is C12H10ClN5O3. The van der Waals surface area contributed by atoms with Crippen LogP contribution in [0.5, 0.6) is 0 Å². The number of amides is 1. The molecule has 0 aliphatic heterocycles. The molecular weight excluding hydrogens is 298 g/mol. The van der Waals surface area contributed by atoms with Gasteiger partial charge in [0.15, 0.2) is 0 Å². The van der Waals surface area contributed by atoms with E-state index >= 15 is 0 Å². The van der Waals surface area contributed by atoms with Crippen molar-refractivity contribution in [3.05, 3.63) is 33.1 Å². The zero-order valence-electron chi connectivity index (χ0n) is 10.8. The van der Waals surface area contributed by atoms with Crippen molar-refractivity contribution < 1.29 is 9.72 Å². The second-order valence-electron chi connectivity index (χ2n) is 3.90. The quantitative estimate of drug-likeness (QED) is 0.449. The third-order valence-electron chi connectivity index (χ3n) is 2.54. The van der Waals surface area contributed by atoms with Crippen LogP contribution >= 0.6 is 11.6 Å². The second-order valence-corrected chi connectivity index (χ2v) is 4.26. The van der Waals surface area contributed by atoms with Crippen LogP contribution in [0.25, 0.3) is 0 Å². The molecule has 0 unspecified atom stereocenters. The average Bonchev–Trinajstić information content (AvgIpc) is 2.47. The Bertz CT molecular complexity index is 617. The maximum atomic E-state index is 12.3. The molecule has 0 saturated heterocycles. The van der Waals surface area contributed by atoms with Gasteiger partial charge in [-0.2, -0.15) is 10.5 Å². The Hall–Kier alpha value is -2.71. The van der Waals surface area contributed by atoms with Crippen LogP contribution in [0.1, 0.15) is 23.2 Å². The van der Waals surface area contributed by atoms with Crippen molar-refractivity contribution in [3.8, 4) is 12.1 Å². The molecule has 0 spiro atoms. The number of carbonyl (C=O) groups is 1. The maximum absolute atomic E-state index is 12.3. The van der Waals surface area contributed by atoms with Crippen LogP contribution in [0, 0.1) is 32.8 Å². The van der Waals surface area contributed by atoms with E-state index in [1.165, 1.54) is 4.90 Å². The van der Waals surface area contributed by atoms with Gasteiger partial charge in [0, 0.05) is 19.2 Å². The molecule has 1 aromatic heterocycles. The highest BCUT2D eigenvalue weighted by molar-refractivity contribution is 6.32. The lowest BCUT2D eigenvalue weighted by Gasteiger charge is -2.20. The predicted molar refractivity (Wildman–Crippen MR) is 72.3 cm³/mol. The van der Waals surface area contributed by atoms with Gasteiger partial charge in [0.2, 0.25) is 0 Å². The first-order valence-electron chi connectivity index (χ1n) is 5.84. The summed E-state index contributed by atoms with van der Waals surface area (Å²) >= 11 is 5.80. The molecule has 21 heavy (non-hydrogen) atoms. The zero-order valence-corrected chi connectivity index (χ0v) is 11.6. The standard InChI is InChI=1S/C12H10ClN5O3/c13-11-10(7-9(8-16-11)18(20)21)12(19)17(5-1-3-14)6-2-4-15/h7-8H,1-2,5-6H2. The molecule has 0 radical (unpaired) electrons. The zero-order chi connectivity index (χ0) is 15.8. The van der Waals surface area contributed by atoms with E-state index in [1.807, 2.05) is 12.1 Å². The number of nitrogens with zero attached hydrogens (tertiary/aromatic N) is 5. The summed E-state index contributed by atoms with van der Waals surface area (Å²) in [5.41, 5.74) is -0.481. The Morgan fingerprint density at radius 2 is 1.95 bits per heavy atom. The summed E-state index contributed by atoms with van der Waals surface area (Å²) in [6.07, 6.45) is 1.11. The minimum absolute atomic E-state index is 0.0805. The number of aromatic nitrogens is 1. The van der Waals surface area contributed by atoms with E-state index in [9.17, 15) is 14.9 Å². The van der Waals surface area contributed by atoms with Crippen LogP contribution in [-0.4, -0.2) is 33.8 Å². The van der Waals surface area contributed by atoms with E-state index in [2.05, 4.69) is 4.98 Å². The Balaban J connectivity index is 3.07. The molecule has 0 aliphatic carbocycles. The fourth-order valence-corrected chi connectivity index (χ4v) is 1.73. The summed E-state index contributed by atoms with van der Waals surface area (Å²) in [6.45, 7) is 0.214. The maximum Gasteiger partial charge on any atom is 0.288 e. The van der Waals surface area contributed by atoms with Gasteiger partial charge in [-0.3, -0.25) is 14.9 Å². The van der Waals surface area contributed by atoms with Gasteiger partial charge in [-0.05, 0) is 0 Å². The van der Waals surface area contributed by atoms with Crippen LogP contribution in [0.15, 0.2) is 12.3 Å². The molecule has 0 saturated carbocycles. The van der Waals surface area contributed by atoms with Crippen molar-refractivity contribution in [1.29, 1.82) is 10.5 Å². The highest BCUT2D eigenvalue weighted by Gasteiger charge is 2.22. The number of hydrogen-bond acceptors (Lipinski definition) is 6. The number of rotatable bonds is 6. The molecule has 0 N–H and O–H groups in total. The Labute approximate surface area is 125 Å². The van der Waals surface area contributed by atoms with E-state index in [4.69, 9.17) is 22.1 Å². The van der Waals surface area contributed by atoms with Gasteiger partial charge in [-0.15, -0.1) is 0 Å². The first-order chi connectivity index (χ1) is 10.0. The van der Waals surface area contributed by atoms with Crippen LogP contribution in [0.2, 0.25) is 5.15 Å². The largest absolute Gasteiger partial charge is 0.336 e. The van der Waals surface area contributed by atoms with Gasteiger partial charge >= 0.3 is 0 Å². The minimum Gasteiger partial charge on any atom is -0.336 e. The van der Waals surface area contributed by atoms with E-state index < -0.39 is 10.8 Å². The van der Waals surface area contributed by atoms with Gasteiger partial charge < -0.3 is 4.90 Å². The highest BCUT2D eigenvalue weighted by atomic mass is 35.5. The molecule has 0 fully saturated rings. The number of halogens is 1. The van der Waals surface area contributed by atoms with E-state index in [0.717, 1.165) is 12.3 Å². The van der Waals surface area contributed by atoms with Crippen molar-refractivity contribution in [3.63, 3.8) is 0 Å². The molecule has 9 heteroatoms. The molecule has 0 aromatic carbocycles. The third kappa shape index (κ3) is 4.41. The average molecular weight is 308 g/mol. The number of carbonyl (C=O) groups excluding carboxylic acids is 1. The van der Waals surface area contributed by atoms with Crippen molar-refractivity contribution in [2.24, 2.45) is 0 Å². The molecule has 1 amide bonds. The normalized spacial score (nSPS) is 9.48. The topological polar surface area (TPSA) is 124 Å². The Morgan fingerprint density at radius 1 is 1.38 bits per heavy atom. The summed E-state index contributed by atoms with van der Waals surface area (Å²) in [5.74, 6) is -0.596. The Kier molecular flexibility index (Phi) is 6.05. The fraction of sp³-hybridized carbons (Fsp3) is 0.333. The number of nitro groups is 1. The molecule has 1 aromatic rings. The third-order valence-corrected chi connectivity index (χ3v) is 2.84. The lowest BCUT2D eigenvalue weighted by molar-refractivity contribution is -0.385. The summed E-state index contributed by atoms with van der Waals surface area (Å²) in [6, 6.07) is 4.81. The Morgan fingerprint density at radius 3 is 2.43 bits per heavy atom. The number of hydrogen-bond donors (Lipinski definition) is 0. The van der Waals surface area contributed by atoms with Gasteiger partial charge in [0.1, 0.15) is 11.3 Å². The molecule has 1 rings (SSSR count). The van der Waals surface area contributed by atoms with Gasteiger partial charge in [0.25, 0.3) is 11.6 Å². The van der Waals surface area contributed by atoms with Crippen LogP contribution in [-0.2, 0) is 0 Å². The highest BCUT2D eigenvalue weighted by Crippen LogP contribution is 2.21. The monoisotopic (exact) mass is 307 g/mol. The molecule has 108 valence electrons. The summed E-state index contributed by atoms with van der Waals surface area (Å²) in [4.78, 5) is 27.2. The molecule has 0 bridgehead atoms. The molecule has 0 aliphatic rings. The molecule has 0 atom stereocenters. The SMILES string of the molecule is N#CCCN(CCC#N)C(=O)c1cc([N+](=O)[O-])cnc1Cl. The van der Waals surface area contributed by atoms with Crippen LogP contribution in [0.3, 0.4) is 0 Å². The van der Waals surface area contributed by atoms with Gasteiger partial charge in [-0.25, -0.2) is 4.98 Å². The van der Waals surface area contributed by atoms with Crippen molar-refractivity contribution in [2.45, 2.75) is 12.8 Å². The van der Waals surface area contributed by atoms with E-state index in [1.54, 1.807) is 0 Å². The predicted octanol–water partition coefficient (Wildman–Crippen LogP) is 1.91. The lowest BCUT2D eigenvalue weighted by Crippen LogP contribution is -2.33. The molecule has 8 nitrogen and oxygen atoms in total. The minimum atomic E-state index is -0.686. The summed E-state index contributed by atoms with van der Waals surface area (Å²) in [7, 11) is 0. The van der Waals surface area contributed by atoms with Crippen molar-refractivity contribution in [2.75, 3.05) is 13.1 Å². The van der Waals surface area contributed by atoms with Crippen molar-refractivity contribution >= 4 is 23.2 Å². The van der Waals surface area contributed by atoms with E-state index in [-0.39, 0.29) is 42.3 Å². The molecule has 1 heterocycles. The lowest BCUT2D eigenvalue weighted by atomic mass is 10.2. The van der Waals surface area contributed by atoms with Gasteiger partial charge in [-0.1, -0.05) is 11.6 Å². The van der Waals surface area contributed by atoms with E-state index in [0.29, 0.717) is 0 Å². The first-order valence-corrected chi connectivity index (χ1v) is 6.22. The number of nitriles is 2. The first kappa shape index (κ1) is 16.3. The van der Waals surface area contributed by atoms with Crippen LogP contribution < -0.4 is 0 Å². The van der Waals surface area contributed by atoms with Crippen molar-refractivity contribution in [1.82, 2.24) is 9.88 Å². The number of pyridine rings is 1.